The quantitative estimate of drug-likeness (QED) is 0.820. The molecule has 0 unspecified atom stereocenters. The number of aryl methyl sites for hydroxylation is 1. The van der Waals surface area contributed by atoms with Gasteiger partial charge in [0.2, 0.25) is 0 Å². The van der Waals surface area contributed by atoms with Crippen LogP contribution in [0.25, 0.3) is 0 Å². The monoisotopic (exact) mass is 258 g/mol. The number of hydrogen-bond donors (Lipinski definition) is 1. The summed E-state index contributed by atoms with van der Waals surface area (Å²) < 4.78 is 23.5. The van der Waals surface area contributed by atoms with Gasteiger partial charge in [-0.15, -0.1) is 11.8 Å². The Morgan fingerprint density at radius 3 is 2.50 bits per heavy atom. The van der Waals surface area contributed by atoms with E-state index in [-0.39, 0.29) is 6.61 Å². The fourth-order valence-corrected chi connectivity index (χ4v) is 2.85. The molecule has 0 saturated heterocycles. The molecule has 3 nitrogen and oxygen atoms in total. The van der Waals surface area contributed by atoms with Gasteiger partial charge in [-0.1, -0.05) is 17.7 Å². The third-order valence-corrected chi connectivity index (χ3v) is 4.23. The molecule has 1 aromatic rings. The Hall–Kier alpha value is -0.780. The van der Waals surface area contributed by atoms with Crippen molar-refractivity contribution in [2.75, 3.05) is 12.4 Å². The zero-order valence-electron chi connectivity index (χ0n) is 8.96. The Bertz CT molecular complexity index is 447. The fraction of sp³-hybridized carbons (Fsp3) is 0.273. The van der Waals surface area contributed by atoms with Gasteiger partial charge in [-0.2, -0.15) is 0 Å². The van der Waals surface area contributed by atoms with Gasteiger partial charge in [0.25, 0.3) is 0 Å². The van der Waals surface area contributed by atoms with Crippen molar-refractivity contribution in [1.82, 2.24) is 0 Å². The van der Waals surface area contributed by atoms with Crippen LogP contribution in [0.2, 0.25) is 0 Å². The van der Waals surface area contributed by atoms with Crippen LogP contribution in [0.5, 0.6) is 0 Å². The summed E-state index contributed by atoms with van der Waals surface area (Å²) in [6.45, 7) is 1.95. The third kappa shape index (κ3) is 4.00. The lowest BCUT2D eigenvalue weighted by molar-refractivity contribution is 0.322. The topological polar surface area (TPSA) is 54.4 Å². The van der Waals surface area contributed by atoms with Crippen LogP contribution in [0.15, 0.2) is 40.0 Å². The van der Waals surface area contributed by atoms with E-state index in [2.05, 4.69) is 0 Å². The molecule has 16 heavy (non-hydrogen) atoms. The number of thioether (sulfide) groups is 1. The van der Waals surface area contributed by atoms with E-state index in [1.807, 2.05) is 6.92 Å². The van der Waals surface area contributed by atoms with E-state index < -0.39 is 9.84 Å². The summed E-state index contributed by atoms with van der Waals surface area (Å²) in [6.07, 6.45) is 0. The maximum atomic E-state index is 11.7. The first-order valence-electron chi connectivity index (χ1n) is 4.77. The molecule has 1 N–H and O–H groups in total. The molecule has 0 atom stereocenters. The molecule has 0 aliphatic carbocycles. The van der Waals surface area contributed by atoms with Crippen molar-refractivity contribution in [2.45, 2.75) is 11.8 Å². The lowest BCUT2D eigenvalue weighted by atomic mass is 10.2. The van der Waals surface area contributed by atoms with Gasteiger partial charge in [0, 0.05) is 11.2 Å². The maximum absolute atomic E-state index is 11.7. The van der Waals surface area contributed by atoms with Gasteiger partial charge >= 0.3 is 0 Å². The second kappa shape index (κ2) is 6.08. The molecule has 0 aliphatic heterocycles. The molecule has 88 valence electrons. The van der Waals surface area contributed by atoms with Crippen molar-refractivity contribution in [3.63, 3.8) is 0 Å². The van der Waals surface area contributed by atoms with Crippen LogP contribution in [-0.4, -0.2) is 25.9 Å². The summed E-state index contributed by atoms with van der Waals surface area (Å²) >= 11 is 1.27. The van der Waals surface area contributed by atoms with Crippen LogP contribution in [0.4, 0.5) is 0 Å². The lowest BCUT2D eigenvalue weighted by Gasteiger charge is -1.99. The van der Waals surface area contributed by atoms with Crippen LogP contribution in [0, 0.1) is 6.92 Å². The van der Waals surface area contributed by atoms with Crippen LogP contribution in [0.1, 0.15) is 5.56 Å². The average Bonchev–Trinajstić information content (AvgIpc) is 2.25. The Labute approximate surface area is 100 Å². The molecule has 5 heteroatoms. The van der Waals surface area contributed by atoms with Gasteiger partial charge in [-0.25, -0.2) is 8.42 Å². The van der Waals surface area contributed by atoms with E-state index in [0.29, 0.717) is 10.6 Å². The molecule has 0 saturated carbocycles. The summed E-state index contributed by atoms with van der Waals surface area (Å²) in [5, 5.41) is 11.2. The molecule has 1 aromatic carbocycles. The lowest BCUT2D eigenvalue weighted by Crippen LogP contribution is -1.95. The van der Waals surface area contributed by atoms with Crippen molar-refractivity contribution in [3.05, 3.63) is 40.6 Å². The van der Waals surface area contributed by atoms with Gasteiger partial charge in [0.1, 0.15) is 0 Å². The van der Waals surface area contributed by atoms with Crippen LogP contribution in [-0.2, 0) is 9.84 Å². The molecule has 1 rings (SSSR count). The number of aliphatic hydroxyl groups excluding tert-OH is 1. The average molecular weight is 258 g/mol. The smallest absolute Gasteiger partial charge is 0.200 e. The molecule has 0 fully saturated rings. The highest BCUT2D eigenvalue weighted by Crippen LogP contribution is 2.14. The summed E-state index contributed by atoms with van der Waals surface area (Å²) in [6, 6.07) is 6.71. The molecule has 0 heterocycles. The number of rotatable bonds is 5. The van der Waals surface area contributed by atoms with Crippen molar-refractivity contribution in [3.8, 4) is 0 Å². The molecule has 0 spiro atoms. The van der Waals surface area contributed by atoms with Gasteiger partial charge in [-0.05, 0) is 24.5 Å². The number of sulfone groups is 1. The number of benzene rings is 1. The fourth-order valence-electron chi connectivity index (χ4n) is 1.04. The van der Waals surface area contributed by atoms with E-state index in [0.717, 1.165) is 11.0 Å². The number of aliphatic hydroxyl groups is 1. The van der Waals surface area contributed by atoms with Crippen LogP contribution in [0.3, 0.4) is 0 Å². The summed E-state index contributed by atoms with van der Waals surface area (Å²) in [5.41, 5.74) is 1.03. The van der Waals surface area contributed by atoms with Crippen molar-refractivity contribution in [1.29, 1.82) is 0 Å². The van der Waals surface area contributed by atoms with Crippen molar-refractivity contribution < 1.29 is 13.5 Å². The molecular weight excluding hydrogens is 244 g/mol. The van der Waals surface area contributed by atoms with E-state index in [1.165, 1.54) is 17.2 Å². The summed E-state index contributed by atoms with van der Waals surface area (Å²) in [4.78, 5) is 0.291. The summed E-state index contributed by atoms with van der Waals surface area (Å²) in [7, 11) is -3.34. The zero-order valence-corrected chi connectivity index (χ0v) is 10.6. The minimum absolute atomic E-state index is 0.0413. The van der Waals surface area contributed by atoms with Gasteiger partial charge in [0.15, 0.2) is 9.84 Å². The Kier molecular flexibility index (Phi) is 5.05. The molecule has 0 amide bonds. The number of hydrogen-bond acceptors (Lipinski definition) is 4. The SMILES string of the molecule is Cc1ccc(S(=O)(=O)/C=C\SCCO)cc1. The Balaban J connectivity index is 2.78. The predicted octanol–water partition coefficient (Wildman–Crippen LogP) is 1.97. The zero-order chi connectivity index (χ0) is 12.0. The second-order valence-corrected chi connectivity index (χ2v) is 6.07. The van der Waals surface area contributed by atoms with Gasteiger partial charge in [0.05, 0.1) is 11.5 Å². The molecule has 0 aliphatic rings. The Morgan fingerprint density at radius 1 is 1.31 bits per heavy atom. The maximum Gasteiger partial charge on any atom is 0.200 e. The van der Waals surface area contributed by atoms with Gasteiger partial charge < -0.3 is 5.11 Å². The van der Waals surface area contributed by atoms with E-state index >= 15 is 0 Å². The first kappa shape index (κ1) is 13.3. The van der Waals surface area contributed by atoms with E-state index in [9.17, 15) is 8.42 Å². The van der Waals surface area contributed by atoms with Crippen molar-refractivity contribution in [2.24, 2.45) is 0 Å². The van der Waals surface area contributed by atoms with Crippen LogP contribution < -0.4 is 0 Å². The largest absolute Gasteiger partial charge is 0.396 e. The minimum atomic E-state index is -3.34. The minimum Gasteiger partial charge on any atom is -0.396 e. The standard InChI is InChI=1S/C11H14O3S2/c1-10-2-4-11(5-3-10)16(13,14)9-8-15-7-6-12/h2-5,8-9,12H,6-7H2,1H3/b9-8-. The molecule has 0 aromatic heterocycles. The van der Waals surface area contributed by atoms with E-state index in [1.54, 1.807) is 24.3 Å². The Morgan fingerprint density at radius 2 is 1.94 bits per heavy atom. The second-order valence-electron chi connectivity index (χ2n) is 3.22. The first-order valence-corrected chi connectivity index (χ1v) is 7.36. The van der Waals surface area contributed by atoms with Crippen LogP contribution >= 0.6 is 11.8 Å². The highest BCUT2D eigenvalue weighted by Gasteiger charge is 2.08. The van der Waals surface area contributed by atoms with Crippen molar-refractivity contribution >= 4 is 21.6 Å². The predicted molar refractivity (Wildman–Crippen MR) is 67.0 cm³/mol. The van der Waals surface area contributed by atoms with E-state index in [4.69, 9.17) is 5.11 Å². The molecule has 0 bridgehead atoms. The first-order chi connectivity index (χ1) is 7.56. The highest BCUT2D eigenvalue weighted by atomic mass is 32.2. The summed E-state index contributed by atoms with van der Waals surface area (Å²) in [5.74, 6) is 0.500. The van der Waals surface area contributed by atoms with Gasteiger partial charge in [-0.3, -0.25) is 0 Å². The third-order valence-electron chi connectivity index (χ3n) is 1.89. The molecule has 0 radical (unpaired) electrons. The normalized spacial score (nSPS) is 12.1. The highest BCUT2D eigenvalue weighted by molar-refractivity contribution is 8.03. The molecular formula is C11H14O3S2.